The number of pyridine rings is 1. The van der Waals surface area contributed by atoms with Gasteiger partial charge in [-0.3, -0.25) is 15.1 Å². The molecule has 0 fully saturated rings. The van der Waals surface area contributed by atoms with E-state index in [0.29, 0.717) is 5.69 Å². The maximum atomic E-state index is 10.4. The van der Waals surface area contributed by atoms with E-state index < -0.39 is 4.92 Å². The minimum absolute atomic E-state index is 0.00981. The van der Waals surface area contributed by atoms with Crippen LogP contribution in [0, 0.1) is 13.7 Å². The van der Waals surface area contributed by atoms with E-state index >= 15 is 0 Å². The smallest absolute Gasteiger partial charge is 0.293 e. The number of nitrogens with two attached hydrogens (primary N) is 1. The molecule has 64 valence electrons. The standard InChI is InChI=1S/C6H6IN3O2/c7-4-1-6(10(11)12)5(2-8)9-3-4/h1,3H,2,8H2. The van der Waals surface area contributed by atoms with Crippen molar-refractivity contribution < 1.29 is 4.92 Å². The summed E-state index contributed by atoms with van der Waals surface area (Å²) in [6.07, 6.45) is 1.55. The van der Waals surface area contributed by atoms with Crippen LogP contribution in [0.15, 0.2) is 12.3 Å². The quantitative estimate of drug-likeness (QED) is 0.498. The zero-order valence-corrected chi connectivity index (χ0v) is 8.19. The molecule has 1 heterocycles. The van der Waals surface area contributed by atoms with Gasteiger partial charge in [0.15, 0.2) is 0 Å². The SMILES string of the molecule is NCc1ncc(I)cc1[N+](=O)[O-]. The summed E-state index contributed by atoms with van der Waals surface area (Å²) in [5.41, 5.74) is 5.58. The molecule has 6 heteroatoms. The molecule has 5 nitrogen and oxygen atoms in total. The van der Waals surface area contributed by atoms with Gasteiger partial charge in [-0.1, -0.05) is 0 Å². The van der Waals surface area contributed by atoms with Crippen LogP contribution in [0.2, 0.25) is 0 Å². The fraction of sp³-hybridized carbons (Fsp3) is 0.167. The first-order valence-corrected chi connectivity index (χ1v) is 4.22. The summed E-state index contributed by atoms with van der Waals surface area (Å²) in [6.45, 7) is 0.0905. The number of hydrogen-bond acceptors (Lipinski definition) is 4. The second kappa shape index (κ2) is 3.76. The van der Waals surface area contributed by atoms with Crippen molar-refractivity contribution in [2.75, 3.05) is 0 Å². The minimum atomic E-state index is -0.475. The largest absolute Gasteiger partial charge is 0.325 e. The zero-order valence-electron chi connectivity index (χ0n) is 6.03. The van der Waals surface area contributed by atoms with Gasteiger partial charge in [-0.25, -0.2) is 0 Å². The van der Waals surface area contributed by atoms with Gasteiger partial charge >= 0.3 is 0 Å². The Balaban J connectivity index is 3.21. The van der Waals surface area contributed by atoms with Crippen LogP contribution in [0.25, 0.3) is 0 Å². The molecule has 2 N–H and O–H groups in total. The summed E-state index contributed by atoms with van der Waals surface area (Å²) >= 11 is 1.96. The normalized spacial score (nSPS) is 9.83. The second-order valence-electron chi connectivity index (χ2n) is 2.08. The third-order valence-electron chi connectivity index (χ3n) is 1.30. The van der Waals surface area contributed by atoms with Gasteiger partial charge in [-0.2, -0.15) is 0 Å². The van der Waals surface area contributed by atoms with E-state index in [1.165, 1.54) is 6.07 Å². The number of nitrogens with zero attached hydrogens (tertiary/aromatic N) is 2. The minimum Gasteiger partial charge on any atom is -0.325 e. The Morgan fingerprint density at radius 2 is 2.42 bits per heavy atom. The van der Waals surface area contributed by atoms with Gasteiger partial charge < -0.3 is 5.73 Å². The zero-order chi connectivity index (χ0) is 9.14. The summed E-state index contributed by atoms with van der Waals surface area (Å²) < 4.78 is 0.733. The number of hydrogen-bond donors (Lipinski definition) is 1. The van der Waals surface area contributed by atoms with Crippen LogP contribution in [0.1, 0.15) is 5.69 Å². The molecule has 0 aliphatic carbocycles. The summed E-state index contributed by atoms with van der Waals surface area (Å²) in [6, 6.07) is 1.45. The van der Waals surface area contributed by atoms with Crippen molar-refractivity contribution >= 4 is 28.3 Å². The second-order valence-corrected chi connectivity index (χ2v) is 3.33. The maximum absolute atomic E-state index is 10.4. The van der Waals surface area contributed by atoms with E-state index in [0.717, 1.165) is 3.57 Å². The highest BCUT2D eigenvalue weighted by Crippen LogP contribution is 2.17. The van der Waals surface area contributed by atoms with Crippen LogP contribution in [-0.2, 0) is 6.54 Å². The number of rotatable bonds is 2. The fourth-order valence-electron chi connectivity index (χ4n) is 0.772. The van der Waals surface area contributed by atoms with Gasteiger partial charge in [0.1, 0.15) is 5.69 Å². The van der Waals surface area contributed by atoms with Crippen molar-refractivity contribution in [1.82, 2.24) is 4.98 Å². The highest BCUT2D eigenvalue weighted by Gasteiger charge is 2.13. The third-order valence-corrected chi connectivity index (χ3v) is 1.89. The van der Waals surface area contributed by atoms with E-state index in [-0.39, 0.29) is 12.2 Å². The van der Waals surface area contributed by atoms with Gasteiger partial charge in [0, 0.05) is 22.4 Å². The molecule has 12 heavy (non-hydrogen) atoms. The first kappa shape index (κ1) is 9.33. The maximum Gasteiger partial charge on any atom is 0.293 e. The van der Waals surface area contributed by atoms with Crippen LogP contribution < -0.4 is 5.73 Å². The lowest BCUT2D eigenvalue weighted by atomic mass is 10.3. The van der Waals surface area contributed by atoms with Crippen molar-refractivity contribution in [3.05, 3.63) is 31.6 Å². The molecular formula is C6H6IN3O2. The Bertz CT molecular complexity index is 316. The predicted octanol–water partition coefficient (Wildman–Crippen LogP) is 1.05. The van der Waals surface area contributed by atoms with Gasteiger partial charge in [0.2, 0.25) is 0 Å². The van der Waals surface area contributed by atoms with E-state index in [2.05, 4.69) is 4.98 Å². The molecule has 0 bridgehead atoms. The number of halogens is 1. The molecule has 0 amide bonds. The average Bonchev–Trinajstić information content (AvgIpc) is 2.04. The Labute approximate surface area is 82.3 Å². The Morgan fingerprint density at radius 1 is 1.75 bits per heavy atom. The first-order valence-electron chi connectivity index (χ1n) is 3.14. The molecule has 1 aromatic heterocycles. The van der Waals surface area contributed by atoms with E-state index in [9.17, 15) is 10.1 Å². The van der Waals surface area contributed by atoms with E-state index in [1.54, 1.807) is 6.20 Å². The molecule has 0 aliphatic rings. The van der Waals surface area contributed by atoms with Crippen LogP contribution in [-0.4, -0.2) is 9.91 Å². The lowest BCUT2D eigenvalue weighted by Gasteiger charge is -1.97. The van der Waals surface area contributed by atoms with Crippen molar-refractivity contribution in [3.8, 4) is 0 Å². The highest BCUT2D eigenvalue weighted by atomic mass is 127. The van der Waals surface area contributed by atoms with Crippen LogP contribution in [0.4, 0.5) is 5.69 Å². The van der Waals surface area contributed by atoms with Gasteiger partial charge in [0.05, 0.1) is 4.92 Å². The molecule has 0 saturated carbocycles. The van der Waals surface area contributed by atoms with Crippen molar-refractivity contribution in [2.45, 2.75) is 6.54 Å². The van der Waals surface area contributed by atoms with Crippen LogP contribution >= 0.6 is 22.6 Å². The molecule has 1 rings (SSSR count). The molecule has 0 atom stereocenters. The lowest BCUT2D eigenvalue weighted by Crippen LogP contribution is -2.04. The molecule has 0 saturated heterocycles. The molecule has 0 spiro atoms. The third kappa shape index (κ3) is 1.89. The molecular weight excluding hydrogens is 273 g/mol. The number of nitro groups is 1. The summed E-state index contributed by atoms with van der Waals surface area (Å²) in [5.74, 6) is 0. The Kier molecular flexibility index (Phi) is 2.93. The molecule has 0 aliphatic heterocycles. The highest BCUT2D eigenvalue weighted by molar-refractivity contribution is 14.1. The summed E-state index contributed by atoms with van der Waals surface area (Å²) in [4.78, 5) is 13.8. The van der Waals surface area contributed by atoms with E-state index in [1.807, 2.05) is 22.6 Å². The monoisotopic (exact) mass is 279 g/mol. The molecule has 0 radical (unpaired) electrons. The molecule has 0 unspecified atom stereocenters. The Morgan fingerprint density at radius 3 is 2.92 bits per heavy atom. The summed E-state index contributed by atoms with van der Waals surface area (Å²) in [7, 11) is 0. The predicted molar refractivity (Wildman–Crippen MR) is 51.5 cm³/mol. The Hall–Kier alpha value is -0.760. The van der Waals surface area contributed by atoms with Crippen molar-refractivity contribution in [1.29, 1.82) is 0 Å². The van der Waals surface area contributed by atoms with Crippen molar-refractivity contribution in [3.63, 3.8) is 0 Å². The van der Waals surface area contributed by atoms with Gasteiger partial charge in [-0.15, -0.1) is 0 Å². The molecule has 0 aromatic carbocycles. The average molecular weight is 279 g/mol. The number of aromatic nitrogens is 1. The van der Waals surface area contributed by atoms with Gasteiger partial charge in [0.25, 0.3) is 5.69 Å². The summed E-state index contributed by atoms with van der Waals surface area (Å²) in [5, 5.41) is 10.4. The first-order chi connectivity index (χ1) is 5.65. The van der Waals surface area contributed by atoms with Crippen LogP contribution in [0.5, 0.6) is 0 Å². The van der Waals surface area contributed by atoms with Crippen LogP contribution in [0.3, 0.4) is 0 Å². The van der Waals surface area contributed by atoms with E-state index in [4.69, 9.17) is 5.73 Å². The van der Waals surface area contributed by atoms with Gasteiger partial charge in [-0.05, 0) is 22.6 Å². The lowest BCUT2D eigenvalue weighted by molar-refractivity contribution is -0.386. The van der Waals surface area contributed by atoms with Crippen molar-refractivity contribution in [2.24, 2.45) is 5.73 Å². The topological polar surface area (TPSA) is 82.0 Å². The fourth-order valence-corrected chi connectivity index (χ4v) is 1.21. The molecule has 1 aromatic rings.